The van der Waals surface area contributed by atoms with E-state index in [0.717, 1.165) is 17.1 Å². The molecule has 2 heterocycles. The highest BCUT2D eigenvalue weighted by atomic mass is 32.2. The Morgan fingerprint density at radius 1 is 1.43 bits per heavy atom. The minimum atomic E-state index is -0.304. The van der Waals surface area contributed by atoms with E-state index in [4.69, 9.17) is 4.74 Å². The second kappa shape index (κ2) is 5.85. The highest BCUT2D eigenvalue weighted by Gasteiger charge is 2.37. The maximum Gasteiger partial charge on any atom is 0.329 e. The minimum Gasteiger partial charge on any atom is -0.497 e. The molecule has 3 rings (SSSR count). The molecule has 0 aromatic heterocycles. The van der Waals surface area contributed by atoms with Gasteiger partial charge in [-0.2, -0.15) is 0 Å². The lowest BCUT2D eigenvalue weighted by molar-refractivity contribution is 0.165. The second-order valence-corrected chi connectivity index (χ2v) is 6.05. The number of urea groups is 2. The van der Waals surface area contributed by atoms with Crippen LogP contribution >= 0.6 is 11.8 Å². The number of nitrogens with zero attached hydrogens (tertiary/aromatic N) is 2. The van der Waals surface area contributed by atoms with E-state index in [-0.39, 0.29) is 17.4 Å². The van der Waals surface area contributed by atoms with Gasteiger partial charge in [0.25, 0.3) is 0 Å². The number of hydrogen-bond donors (Lipinski definition) is 1. The molecule has 0 bridgehead atoms. The SMILES string of the molecule is COc1cccc([C@H]2SCCN2C(=O)N2CCNC2=O)c1. The Bertz CT molecular complexity index is 566. The molecular weight excluding hydrogens is 290 g/mol. The zero-order valence-corrected chi connectivity index (χ0v) is 12.6. The van der Waals surface area contributed by atoms with Gasteiger partial charge in [0.2, 0.25) is 0 Å². The molecule has 0 aliphatic carbocycles. The summed E-state index contributed by atoms with van der Waals surface area (Å²) in [6.45, 7) is 1.61. The van der Waals surface area contributed by atoms with Gasteiger partial charge in [0.15, 0.2) is 0 Å². The molecule has 0 saturated carbocycles. The van der Waals surface area contributed by atoms with Crippen molar-refractivity contribution >= 4 is 23.8 Å². The first-order valence-electron chi connectivity index (χ1n) is 6.82. The number of hydrogen-bond acceptors (Lipinski definition) is 4. The average Bonchev–Trinajstić information content (AvgIpc) is 3.15. The fourth-order valence-electron chi connectivity index (χ4n) is 2.55. The topological polar surface area (TPSA) is 61.9 Å². The van der Waals surface area contributed by atoms with Crippen LogP contribution in [0.15, 0.2) is 24.3 Å². The van der Waals surface area contributed by atoms with Crippen LogP contribution in [-0.2, 0) is 0 Å². The van der Waals surface area contributed by atoms with Gasteiger partial charge in [0.1, 0.15) is 11.1 Å². The van der Waals surface area contributed by atoms with Gasteiger partial charge in [-0.1, -0.05) is 12.1 Å². The first-order chi connectivity index (χ1) is 10.2. The van der Waals surface area contributed by atoms with Crippen molar-refractivity contribution in [2.75, 3.05) is 32.5 Å². The van der Waals surface area contributed by atoms with Gasteiger partial charge < -0.3 is 15.0 Å². The van der Waals surface area contributed by atoms with Crippen molar-refractivity contribution in [1.82, 2.24) is 15.1 Å². The fraction of sp³-hybridized carbons (Fsp3) is 0.429. The number of nitrogens with one attached hydrogen (secondary N) is 1. The average molecular weight is 307 g/mol. The molecular formula is C14H17N3O3S. The van der Waals surface area contributed by atoms with Crippen LogP contribution in [0.5, 0.6) is 5.75 Å². The lowest BCUT2D eigenvalue weighted by Gasteiger charge is -2.27. The Hall–Kier alpha value is -1.89. The third-order valence-electron chi connectivity index (χ3n) is 3.60. The molecule has 21 heavy (non-hydrogen) atoms. The van der Waals surface area contributed by atoms with Crippen LogP contribution in [0.4, 0.5) is 9.59 Å². The maximum atomic E-state index is 12.5. The zero-order valence-electron chi connectivity index (χ0n) is 11.7. The molecule has 0 radical (unpaired) electrons. The number of amides is 4. The Kier molecular flexibility index (Phi) is 3.92. The number of rotatable bonds is 2. The summed E-state index contributed by atoms with van der Waals surface area (Å²) in [5.41, 5.74) is 1.02. The summed E-state index contributed by atoms with van der Waals surface area (Å²) in [7, 11) is 1.62. The molecule has 2 fully saturated rings. The van der Waals surface area contributed by atoms with Gasteiger partial charge in [-0.05, 0) is 17.7 Å². The van der Waals surface area contributed by atoms with Crippen molar-refractivity contribution in [2.24, 2.45) is 0 Å². The Morgan fingerprint density at radius 3 is 3.00 bits per heavy atom. The van der Waals surface area contributed by atoms with Crippen molar-refractivity contribution in [1.29, 1.82) is 0 Å². The number of thioether (sulfide) groups is 1. The first kappa shape index (κ1) is 14.1. The van der Waals surface area contributed by atoms with Crippen LogP contribution < -0.4 is 10.1 Å². The molecule has 2 aliphatic rings. The van der Waals surface area contributed by atoms with Crippen molar-refractivity contribution in [2.45, 2.75) is 5.37 Å². The number of ether oxygens (including phenoxy) is 1. The molecule has 1 N–H and O–H groups in total. The van der Waals surface area contributed by atoms with E-state index in [9.17, 15) is 9.59 Å². The molecule has 1 aromatic carbocycles. The van der Waals surface area contributed by atoms with E-state index < -0.39 is 0 Å². The smallest absolute Gasteiger partial charge is 0.329 e. The van der Waals surface area contributed by atoms with Crippen molar-refractivity contribution < 1.29 is 14.3 Å². The maximum absolute atomic E-state index is 12.5. The van der Waals surface area contributed by atoms with E-state index in [1.54, 1.807) is 23.8 Å². The molecule has 2 saturated heterocycles. The largest absolute Gasteiger partial charge is 0.497 e. The van der Waals surface area contributed by atoms with Gasteiger partial charge in [-0.3, -0.25) is 0 Å². The van der Waals surface area contributed by atoms with Crippen LogP contribution in [0.25, 0.3) is 0 Å². The summed E-state index contributed by atoms with van der Waals surface area (Å²) in [5.74, 6) is 1.63. The van der Waals surface area contributed by atoms with E-state index >= 15 is 0 Å². The van der Waals surface area contributed by atoms with Crippen LogP contribution in [-0.4, -0.2) is 54.4 Å². The number of benzene rings is 1. The summed E-state index contributed by atoms with van der Waals surface area (Å²) in [4.78, 5) is 27.2. The second-order valence-electron chi connectivity index (χ2n) is 4.86. The summed E-state index contributed by atoms with van der Waals surface area (Å²) < 4.78 is 5.24. The van der Waals surface area contributed by atoms with Crippen LogP contribution in [0.3, 0.4) is 0 Å². The lowest BCUT2D eigenvalue weighted by atomic mass is 10.2. The van der Waals surface area contributed by atoms with E-state index in [2.05, 4.69) is 5.32 Å². The van der Waals surface area contributed by atoms with Gasteiger partial charge in [0, 0.05) is 25.4 Å². The van der Waals surface area contributed by atoms with Gasteiger partial charge >= 0.3 is 12.1 Å². The Balaban J connectivity index is 1.81. The lowest BCUT2D eigenvalue weighted by Crippen LogP contribution is -2.44. The molecule has 2 aliphatic heterocycles. The predicted octanol–water partition coefficient (Wildman–Crippen LogP) is 1.89. The molecule has 1 aromatic rings. The van der Waals surface area contributed by atoms with E-state index in [0.29, 0.717) is 19.6 Å². The fourth-order valence-corrected chi connectivity index (χ4v) is 3.79. The van der Waals surface area contributed by atoms with Gasteiger partial charge in [0.05, 0.1) is 7.11 Å². The Labute approximate surface area is 127 Å². The third kappa shape index (κ3) is 2.65. The number of methoxy groups -OCH3 is 1. The van der Waals surface area contributed by atoms with Crippen molar-refractivity contribution in [3.63, 3.8) is 0 Å². The standard InChI is InChI=1S/C14H17N3O3S/c1-20-11-4-2-3-10(9-11)12-16(7-8-21-12)14(19)17-6-5-15-13(17)18/h2-4,9,12H,5-8H2,1H3,(H,15,18)/t12-/m1/s1. The Morgan fingerprint density at radius 2 is 2.29 bits per heavy atom. The summed E-state index contributed by atoms with van der Waals surface area (Å²) in [6, 6.07) is 7.19. The quantitative estimate of drug-likeness (QED) is 0.906. The summed E-state index contributed by atoms with van der Waals surface area (Å²) >= 11 is 1.70. The number of imide groups is 1. The summed E-state index contributed by atoms with van der Waals surface area (Å²) in [6.07, 6.45) is 0. The normalized spacial score (nSPS) is 21.6. The van der Waals surface area contributed by atoms with Crippen LogP contribution in [0.1, 0.15) is 10.9 Å². The molecule has 7 heteroatoms. The first-order valence-corrected chi connectivity index (χ1v) is 7.87. The zero-order chi connectivity index (χ0) is 14.8. The molecule has 1 atom stereocenters. The molecule has 6 nitrogen and oxygen atoms in total. The molecule has 0 unspecified atom stereocenters. The monoisotopic (exact) mass is 307 g/mol. The van der Waals surface area contributed by atoms with Crippen molar-refractivity contribution in [3.05, 3.63) is 29.8 Å². The highest BCUT2D eigenvalue weighted by Crippen LogP contribution is 2.39. The van der Waals surface area contributed by atoms with Crippen molar-refractivity contribution in [3.8, 4) is 5.75 Å². The van der Waals surface area contributed by atoms with E-state index in [1.807, 2.05) is 24.3 Å². The van der Waals surface area contributed by atoms with Gasteiger partial charge in [-0.15, -0.1) is 11.8 Å². The third-order valence-corrected chi connectivity index (χ3v) is 4.86. The van der Waals surface area contributed by atoms with Crippen LogP contribution in [0.2, 0.25) is 0 Å². The molecule has 112 valence electrons. The number of carbonyl (C=O) groups is 2. The molecule has 0 spiro atoms. The summed E-state index contributed by atoms with van der Waals surface area (Å²) in [5, 5.41) is 2.59. The molecule has 4 amide bonds. The van der Waals surface area contributed by atoms with Gasteiger partial charge in [-0.25, -0.2) is 14.5 Å². The highest BCUT2D eigenvalue weighted by molar-refractivity contribution is 7.99. The number of carbonyl (C=O) groups excluding carboxylic acids is 2. The minimum absolute atomic E-state index is 0.0685. The van der Waals surface area contributed by atoms with E-state index in [1.165, 1.54) is 4.90 Å². The van der Waals surface area contributed by atoms with Crippen LogP contribution in [0, 0.1) is 0 Å². The predicted molar refractivity (Wildman–Crippen MR) is 80.4 cm³/mol.